The Morgan fingerprint density at radius 3 is 2.36 bits per heavy atom. The van der Waals surface area contributed by atoms with Crippen LogP contribution in [0.4, 0.5) is 0 Å². The first kappa shape index (κ1) is 31.0. The van der Waals surface area contributed by atoms with Crippen LogP contribution < -0.4 is 29.1 Å². The highest BCUT2D eigenvalue weighted by molar-refractivity contribution is 6.34. The van der Waals surface area contributed by atoms with Crippen molar-refractivity contribution in [2.75, 3.05) is 27.9 Å². The zero-order chi connectivity index (χ0) is 31.9. The number of benzene rings is 4. The number of fused-ring (bicyclic) bond motifs is 1. The van der Waals surface area contributed by atoms with E-state index in [2.05, 4.69) is 15.5 Å². The van der Waals surface area contributed by atoms with Gasteiger partial charge in [0.1, 0.15) is 22.9 Å². The molecule has 0 saturated carbocycles. The van der Waals surface area contributed by atoms with Gasteiger partial charge < -0.3 is 28.7 Å². The van der Waals surface area contributed by atoms with Gasteiger partial charge in [0, 0.05) is 16.1 Å². The number of nitrogens with one attached hydrogen (secondary N) is 2. The molecule has 0 unspecified atom stereocenters. The Bertz CT molecular complexity index is 1900. The molecule has 45 heavy (non-hydrogen) atoms. The molecule has 0 saturated heterocycles. The van der Waals surface area contributed by atoms with Gasteiger partial charge in [0.25, 0.3) is 5.91 Å². The molecule has 0 bridgehead atoms. The molecule has 0 fully saturated rings. The number of amides is 1. The summed E-state index contributed by atoms with van der Waals surface area (Å²) in [7, 11) is 4.62. The molecule has 0 aliphatic rings. The molecule has 0 radical (unpaired) electrons. The molecule has 5 rings (SSSR count). The minimum absolute atomic E-state index is 0.216. The first-order chi connectivity index (χ1) is 21.9. The molecule has 0 spiro atoms. The van der Waals surface area contributed by atoms with Crippen molar-refractivity contribution in [2.24, 2.45) is 5.10 Å². The predicted octanol–water partition coefficient (Wildman–Crippen LogP) is 6.90. The quantitative estimate of drug-likeness (QED) is 0.0707. The zero-order valence-corrected chi connectivity index (χ0v) is 25.7. The minimum Gasteiger partial charge on any atom is -0.497 e. The molecule has 1 heterocycles. The summed E-state index contributed by atoms with van der Waals surface area (Å²) >= 11 is 6.58. The van der Waals surface area contributed by atoms with Gasteiger partial charge >= 0.3 is 5.97 Å². The average molecular weight is 628 g/mol. The maximum Gasteiger partial charge on any atom is 0.343 e. The van der Waals surface area contributed by atoms with E-state index < -0.39 is 11.9 Å². The Balaban J connectivity index is 1.42. The smallest absolute Gasteiger partial charge is 0.343 e. The molecule has 230 valence electrons. The van der Waals surface area contributed by atoms with Crippen LogP contribution in [0.1, 0.15) is 33.3 Å². The lowest BCUT2D eigenvalue weighted by Gasteiger charge is -2.12. The SMILES string of the molecule is CCOc1cc(C=NNC(=O)c2[nH]c3c(OC)ccc(OC)c3c2-c2ccccc2Cl)ccc1OC(=O)c1cccc(OC)c1. The van der Waals surface area contributed by atoms with Crippen LogP contribution in [0.3, 0.4) is 0 Å². The fourth-order valence-electron chi connectivity index (χ4n) is 4.78. The molecular formula is C34H30ClN3O7. The zero-order valence-electron chi connectivity index (χ0n) is 25.0. The Hall–Kier alpha value is -5.48. The third kappa shape index (κ3) is 6.56. The third-order valence-corrected chi connectivity index (χ3v) is 7.17. The van der Waals surface area contributed by atoms with E-state index in [1.165, 1.54) is 13.3 Å². The van der Waals surface area contributed by atoms with Crippen molar-refractivity contribution >= 4 is 40.6 Å². The molecule has 5 aromatic rings. The van der Waals surface area contributed by atoms with Gasteiger partial charge in [-0.3, -0.25) is 4.79 Å². The van der Waals surface area contributed by atoms with E-state index in [4.69, 9.17) is 35.3 Å². The highest BCUT2D eigenvalue weighted by Crippen LogP contribution is 2.44. The highest BCUT2D eigenvalue weighted by Gasteiger charge is 2.25. The normalized spacial score (nSPS) is 11.0. The maximum absolute atomic E-state index is 13.6. The summed E-state index contributed by atoms with van der Waals surface area (Å²) in [6.45, 7) is 2.15. The standard InChI is InChI=1S/C34H30ClN3O7/c1-5-44-28-17-20(13-14-25(28)45-34(40)21-9-8-10-22(18-21)41-2)19-36-38-33(39)32-29(23-11-6-7-12-24(23)35)30-26(42-3)15-16-27(43-4)31(30)37-32/h6-19,37H,5H2,1-4H3,(H,38,39). The van der Waals surface area contributed by atoms with E-state index >= 15 is 0 Å². The van der Waals surface area contributed by atoms with Crippen LogP contribution in [0.25, 0.3) is 22.0 Å². The second-order valence-corrected chi connectivity index (χ2v) is 9.94. The van der Waals surface area contributed by atoms with Gasteiger partial charge in [-0.1, -0.05) is 35.9 Å². The molecule has 0 aliphatic heterocycles. The van der Waals surface area contributed by atoms with E-state index in [1.54, 1.807) is 74.9 Å². The van der Waals surface area contributed by atoms with Crippen molar-refractivity contribution in [1.29, 1.82) is 0 Å². The number of H-pyrrole nitrogens is 1. The first-order valence-electron chi connectivity index (χ1n) is 13.9. The van der Waals surface area contributed by atoms with Crippen molar-refractivity contribution in [2.45, 2.75) is 6.92 Å². The number of halogens is 1. The number of ether oxygens (including phenoxy) is 5. The Labute approximate surface area is 264 Å². The first-order valence-corrected chi connectivity index (χ1v) is 14.2. The number of methoxy groups -OCH3 is 3. The largest absolute Gasteiger partial charge is 0.497 e. The van der Waals surface area contributed by atoms with Gasteiger partial charge in [-0.25, -0.2) is 10.2 Å². The summed E-state index contributed by atoms with van der Waals surface area (Å²) in [5, 5.41) is 5.27. The van der Waals surface area contributed by atoms with Gasteiger partial charge in [0.05, 0.1) is 50.6 Å². The monoisotopic (exact) mass is 627 g/mol. The second kappa shape index (κ2) is 13.9. The molecule has 2 N–H and O–H groups in total. The van der Waals surface area contributed by atoms with Crippen LogP contribution in [-0.2, 0) is 0 Å². The van der Waals surface area contributed by atoms with Crippen molar-refractivity contribution in [3.8, 4) is 39.9 Å². The number of carbonyl (C=O) groups excluding carboxylic acids is 2. The number of rotatable bonds is 11. The average Bonchev–Trinajstić information content (AvgIpc) is 3.46. The van der Waals surface area contributed by atoms with Gasteiger partial charge in [0.2, 0.25) is 0 Å². The number of hydrogen-bond donors (Lipinski definition) is 2. The van der Waals surface area contributed by atoms with Crippen LogP contribution in [-0.4, -0.2) is 51.0 Å². The van der Waals surface area contributed by atoms with Crippen molar-refractivity contribution < 1.29 is 33.3 Å². The number of aromatic nitrogens is 1. The molecule has 4 aromatic carbocycles. The minimum atomic E-state index is -0.565. The molecule has 0 aliphatic carbocycles. The van der Waals surface area contributed by atoms with E-state index in [-0.39, 0.29) is 11.4 Å². The van der Waals surface area contributed by atoms with Gasteiger partial charge in [0.15, 0.2) is 11.5 Å². The third-order valence-electron chi connectivity index (χ3n) is 6.84. The number of hydrazone groups is 1. The van der Waals surface area contributed by atoms with E-state index in [1.807, 2.05) is 25.1 Å². The number of nitrogens with zero attached hydrogens (tertiary/aromatic N) is 1. The van der Waals surface area contributed by atoms with Gasteiger partial charge in [-0.05, 0) is 67.1 Å². The van der Waals surface area contributed by atoms with Crippen LogP contribution in [0, 0.1) is 0 Å². The van der Waals surface area contributed by atoms with Crippen LogP contribution in [0.15, 0.2) is 84.0 Å². The molecule has 1 aromatic heterocycles. The number of esters is 1. The summed E-state index contributed by atoms with van der Waals surface area (Å²) in [5.74, 6) is 1.08. The topological polar surface area (TPSA) is 120 Å². The summed E-state index contributed by atoms with van der Waals surface area (Å²) in [5.41, 5.74) is 5.46. The predicted molar refractivity (Wildman–Crippen MR) is 172 cm³/mol. The van der Waals surface area contributed by atoms with Gasteiger partial charge in [-0.15, -0.1) is 0 Å². The highest BCUT2D eigenvalue weighted by atomic mass is 35.5. The molecular weight excluding hydrogens is 598 g/mol. The lowest BCUT2D eigenvalue weighted by Crippen LogP contribution is -2.19. The summed E-state index contributed by atoms with van der Waals surface area (Å²) in [6, 6.07) is 22.3. The number of aromatic amines is 1. The molecule has 0 atom stereocenters. The lowest BCUT2D eigenvalue weighted by atomic mass is 10.0. The van der Waals surface area contributed by atoms with Crippen LogP contribution in [0.5, 0.6) is 28.7 Å². The fraction of sp³-hybridized carbons (Fsp3) is 0.147. The van der Waals surface area contributed by atoms with E-state index in [0.717, 1.165) is 0 Å². The lowest BCUT2D eigenvalue weighted by molar-refractivity contribution is 0.0727. The summed E-state index contributed by atoms with van der Waals surface area (Å²) < 4.78 is 27.7. The molecule has 10 nitrogen and oxygen atoms in total. The van der Waals surface area contributed by atoms with E-state index in [9.17, 15) is 9.59 Å². The Morgan fingerprint density at radius 1 is 0.867 bits per heavy atom. The van der Waals surface area contributed by atoms with Crippen LogP contribution >= 0.6 is 11.6 Å². The van der Waals surface area contributed by atoms with Crippen molar-refractivity contribution in [1.82, 2.24) is 10.4 Å². The van der Waals surface area contributed by atoms with Crippen LogP contribution in [0.2, 0.25) is 5.02 Å². The number of hydrogen-bond acceptors (Lipinski definition) is 8. The molecule has 1 amide bonds. The molecule has 11 heteroatoms. The number of carbonyl (C=O) groups is 2. The summed E-state index contributed by atoms with van der Waals surface area (Å²) in [4.78, 5) is 29.5. The van der Waals surface area contributed by atoms with Crippen molar-refractivity contribution in [3.63, 3.8) is 0 Å². The fourth-order valence-corrected chi connectivity index (χ4v) is 5.01. The summed E-state index contributed by atoms with van der Waals surface area (Å²) in [6.07, 6.45) is 1.45. The van der Waals surface area contributed by atoms with E-state index in [0.29, 0.717) is 67.8 Å². The Morgan fingerprint density at radius 2 is 1.62 bits per heavy atom. The second-order valence-electron chi connectivity index (χ2n) is 9.53. The van der Waals surface area contributed by atoms with Gasteiger partial charge in [-0.2, -0.15) is 5.10 Å². The Kier molecular flexibility index (Phi) is 9.54. The van der Waals surface area contributed by atoms with Crippen molar-refractivity contribution in [3.05, 3.63) is 101 Å². The maximum atomic E-state index is 13.6.